The van der Waals surface area contributed by atoms with Crippen molar-refractivity contribution in [2.75, 3.05) is 19.8 Å². The van der Waals surface area contributed by atoms with Gasteiger partial charge < -0.3 is 14.8 Å². The maximum Gasteiger partial charge on any atom is 0.0951 e. The van der Waals surface area contributed by atoms with Crippen LogP contribution >= 0.6 is 11.6 Å². The molecule has 3 nitrogen and oxygen atoms in total. The van der Waals surface area contributed by atoms with Crippen molar-refractivity contribution >= 4 is 11.6 Å². The van der Waals surface area contributed by atoms with Gasteiger partial charge in [0.05, 0.1) is 12.2 Å². The first kappa shape index (κ1) is 14.3. The minimum absolute atomic E-state index is 0.0377. The Morgan fingerprint density at radius 1 is 1.40 bits per heavy atom. The molecule has 2 saturated heterocycles. The molecule has 1 aromatic carbocycles. The maximum atomic E-state index is 6.07. The molecule has 0 aromatic heterocycles. The summed E-state index contributed by atoms with van der Waals surface area (Å²) < 4.78 is 11.5. The monoisotopic (exact) mass is 295 g/mol. The summed E-state index contributed by atoms with van der Waals surface area (Å²) in [4.78, 5) is 0. The zero-order chi connectivity index (χ0) is 14.0. The molecule has 1 aromatic rings. The fraction of sp³-hybridized carbons (Fsp3) is 0.625. The normalized spacial score (nSPS) is 31.6. The van der Waals surface area contributed by atoms with Gasteiger partial charge in [-0.25, -0.2) is 0 Å². The largest absolute Gasteiger partial charge is 0.378 e. The van der Waals surface area contributed by atoms with Crippen molar-refractivity contribution in [1.82, 2.24) is 5.32 Å². The molecule has 1 spiro atoms. The first-order chi connectivity index (χ1) is 9.67. The van der Waals surface area contributed by atoms with Crippen molar-refractivity contribution < 1.29 is 9.47 Å². The third-order valence-corrected chi connectivity index (χ3v) is 4.63. The molecule has 0 saturated carbocycles. The molecule has 2 unspecified atom stereocenters. The first-order valence-electron chi connectivity index (χ1n) is 7.40. The van der Waals surface area contributed by atoms with E-state index < -0.39 is 0 Å². The second-order valence-corrected chi connectivity index (χ2v) is 6.40. The molecule has 2 fully saturated rings. The van der Waals surface area contributed by atoms with Gasteiger partial charge in [0.15, 0.2) is 0 Å². The van der Waals surface area contributed by atoms with Crippen LogP contribution in [0.2, 0.25) is 5.02 Å². The van der Waals surface area contributed by atoms with Gasteiger partial charge in [0.2, 0.25) is 0 Å². The van der Waals surface area contributed by atoms with Crippen molar-refractivity contribution in [2.24, 2.45) is 0 Å². The Bertz CT molecular complexity index is 460. The molecule has 0 bridgehead atoms. The second-order valence-electron chi connectivity index (χ2n) is 5.97. The van der Waals surface area contributed by atoms with E-state index in [0.717, 1.165) is 44.1 Å². The zero-order valence-electron chi connectivity index (χ0n) is 11.9. The summed E-state index contributed by atoms with van der Waals surface area (Å²) in [5, 5.41) is 4.51. The minimum atomic E-state index is -0.0377. The Kier molecular flexibility index (Phi) is 4.32. The number of nitrogens with one attached hydrogen (secondary N) is 1. The number of benzene rings is 1. The number of halogens is 1. The van der Waals surface area contributed by atoms with E-state index in [1.807, 2.05) is 18.2 Å². The van der Waals surface area contributed by atoms with Gasteiger partial charge in [-0.15, -0.1) is 0 Å². The van der Waals surface area contributed by atoms with Crippen molar-refractivity contribution in [1.29, 1.82) is 0 Å². The predicted octanol–water partition coefficient (Wildman–Crippen LogP) is 3.33. The Morgan fingerprint density at radius 2 is 2.30 bits per heavy atom. The SMILES string of the molecule is C[C@@H](NC1CCOC2(CCOC2)C1)c1cccc(Cl)c1. The van der Waals surface area contributed by atoms with Crippen LogP contribution in [-0.4, -0.2) is 31.5 Å². The van der Waals surface area contributed by atoms with Gasteiger partial charge in [-0.2, -0.15) is 0 Å². The number of rotatable bonds is 3. The molecule has 0 aliphatic carbocycles. The molecule has 2 aliphatic heterocycles. The summed E-state index contributed by atoms with van der Waals surface area (Å²) in [6, 6.07) is 8.86. The molecule has 110 valence electrons. The Labute approximate surface area is 125 Å². The van der Waals surface area contributed by atoms with Gasteiger partial charge in [-0.3, -0.25) is 0 Å². The number of hydrogen-bond acceptors (Lipinski definition) is 3. The molecular formula is C16H22ClNO2. The quantitative estimate of drug-likeness (QED) is 0.928. The Balaban J connectivity index is 1.62. The van der Waals surface area contributed by atoms with Crippen molar-refractivity contribution in [2.45, 2.75) is 43.9 Å². The lowest BCUT2D eigenvalue weighted by molar-refractivity contribution is -0.0902. The van der Waals surface area contributed by atoms with E-state index in [4.69, 9.17) is 21.1 Å². The van der Waals surface area contributed by atoms with Crippen LogP contribution in [0.1, 0.15) is 37.8 Å². The molecule has 4 heteroatoms. The molecule has 2 heterocycles. The van der Waals surface area contributed by atoms with Crippen LogP contribution in [-0.2, 0) is 9.47 Å². The lowest BCUT2D eigenvalue weighted by Crippen LogP contribution is -2.48. The lowest BCUT2D eigenvalue weighted by Gasteiger charge is -2.38. The van der Waals surface area contributed by atoms with Crippen LogP contribution < -0.4 is 5.32 Å². The highest BCUT2D eigenvalue weighted by Gasteiger charge is 2.41. The van der Waals surface area contributed by atoms with E-state index in [0.29, 0.717) is 12.1 Å². The molecule has 0 radical (unpaired) electrons. The molecule has 1 N–H and O–H groups in total. The van der Waals surface area contributed by atoms with Crippen molar-refractivity contribution in [3.05, 3.63) is 34.9 Å². The van der Waals surface area contributed by atoms with Crippen LogP contribution in [0.25, 0.3) is 0 Å². The molecular weight excluding hydrogens is 274 g/mol. The topological polar surface area (TPSA) is 30.5 Å². The summed E-state index contributed by atoms with van der Waals surface area (Å²) in [7, 11) is 0. The van der Waals surface area contributed by atoms with Gasteiger partial charge in [0.25, 0.3) is 0 Å². The van der Waals surface area contributed by atoms with Gasteiger partial charge in [0, 0.05) is 36.7 Å². The van der Waals surface area contributed by atoms with Crippen LogP contribution in [0.15, 0.2) is 24.3 Å². The molecule has 0 amide bonds. The lowest BCUT2D eigenvalue weighted by atomic mass is 9.89. The van der Waals surface area contributed by atoms with Crippen LogP contribution in [0.5, 0.6) is 0 Å². The van der Waals surface area contributed by atoms with E-state index in [9.17, 15) is 0 Å². The molecule has 3 rings (SSSR count). The van der Waals surface area contributed by atoms with Crippen molar-refractivity contribution in [3.63, 3.8) is 0 Å². The zero-order valence-corrected chi connectivity index (χ0v) is 12.7. The summed E-state index contributed by atoms with van der Waals surface area (Å²) in [5.41, 5.74) is 1.20. The third kappa shape index (κ3) is 3.17. The van der Waals surface area contributed by atoms with E-state index >= 15 is 0 Å². The Morgan fingerprint density at radius 3 is 3.05 bits per heavy atom. The second kappa shape index (κ2) is 6.02. The van der Waals surface area contributed by atoms with Gasteiger partial charge >= 0.3 is 0 Å². The molecule has 2 aliphatic rings. The van der Waals surface area contributed by atoms with Gasteiger partial charge in [-0.1, -0.05) is 23.7 Å². The predicted molar refractivity (Wildman–Crippen MR) is 80.1 cm³/mol. The fourth-order valence-corrected chi connectivity index (χ4v) is 3.46. The van der Waals surface area contributed by atoms with E-state index in [1.54, 1.807) is 0 Å². The van der Waals surface area contributed by atoms with Gasteiger partial charge in [-0.05, 0) is 37.5 Å². The molecule has 20 heavy (non-hydrogen) atoms. The highest BCUT2D eigenvalue weighted by molar-refractivity contribution is 6.30. The average molecular weight is 296 g/mol. The smallest absolute Gasteiger partial charge is 0.0951 e. The highest BCUT2D eigenvalue weighted by Crippen LogP contribution is 2.33. The van der Waals surface area contributed by atoms with Crippen molar-refractivity contribution in [3.8, 4) is 0 Å². The van der Waals surface area contributed by atoms with Crippen LogP contribution in [0.3, 0.4) is 0 Å². The standard InChI is InChI=1S/C16H22ClNO2/c1-12(13-3-2-4-14(17)9-13)18-15-5-7-20-16(10-15)6-8-19-11-16/h2-4,9,12,15,18H,5-8,10-11H2,1H3/t12-,15?,16?/m1/s1. The minimum Gasteiger partial charge on any atom is -0.378 e. The first-order valence-corrected chi connectivity index (χ1v) is 7.78. The maximum absolute atomic E-state index is 6.07. The fourth-order valence-electron chi connectivity index (χ4n) is 3.26. The van der Waals surface area contributed by atoms with Gasteiger partial charge in [0.1, 0.15) is 0 Å². The number of ether oxygens (including phenoxy) is 2. The summed E-state index contributed by atoms with van der Waals surface area (Å²) in [5.74, 6) is 0. The van der Waals surface area contributed by atoms with Crippen LogP contribution in [0.4, 0.5) is 0 Å². The summed E-state index contributed by atoms with van der Waals surface area (Å²) in [6.45, 7) is 4.59. The number of hydrogen-bond donors (Lipinski definition) is 1. The molecule has 3 atom stereocenters. The summed E-state index contributed by atoms with van der Waals surface area (Å²) in [6.07, 6.45) is 3.13. The average Bonchev–Trinajstić information content (AvgIpc) is 2.87. The van der Waals surface area contributed by atoms with E-state index in [1.165, 1.54) is 5.56 Å². The summed E-state index contributed by atoms with van der Waals surface area (Å²) >= 11 is 6.07. The highest BCUT2D eigenvalue weighted by atomic mass is 35.5. The van der Waals surface area contributed by atoms with E-state index in [2.05, 4.69) is 18.3 Å². The van der Waals surface area contributed by atoms with E-state index in [-0.39, 0.29) is 5.60 Å². The van der Waals surface area contributed by atoms with Crippen LogP contribution in [0, 0.1) is 0 Å². The third-order valence-electron chi connectivity index (χ3n) is 4.39. The Hall–Kier alpha value is -0.610.